The number of nitrogens with zero attached hydrogens (tertiary/aromatic N) is 1. The van der Waals surface area contributed by atoms with Crippen LogP contribution in [-0.4, -0.2) is 25.8 Å². The van der Waals surface area contributed by atoms with Gasteiger partial charge in [-0.1, -0.05) is 38.8 Å². The smallest absolute Gasteiger partial charge is 0.243 e. The van der Waals surface area contributed by atoms with Crippen molar-refractivity contribution in [2.45, 2.75) is 57.9 Å². The molecule has 0 aliphatic rings. The summed E-state index contributed by atoms with van der Waals surface area (Å²) < 4.78 is 27.5. The summed E-state index contributed by atoms with van der Waals surface area (Å²) in [5, 5.41) is 0. The third-order valence-electron chi connectivity index (χ3n) is 3.76. The number of benzene rings is 1. The lowest BCUT2D eigenvalue weighted by Gasteiger charge is -2.23. The number of hydrogen-bond acceptors (Lipinski definition) is 3. The van der Waals surface area contributed by atoms with Crippen LogP contribution < -0.4 is 5.73 Å². The van der Waals surface area contributed by atoms with E-state index in [1.165, 1.54) is 0 Å². The largest absolute Gasteiger partial charge is 0.326 e. The van der Waals surface area contributed by atoms with E-state index in [-0.39, 0.29) is 0 Å². The summed E-state index contributed by atoms with van der Waals surface area (Å²) in [5.41, 5.74) is 7.36. The second kappa shape index (κ2) is 8.51. The summed E-state index contributed by atoms with van der Waals surface area (Å²) in [6.07, 6.45) is 3.75. The van der Waals surface area contributed by atoms with Gasteiger partial charge >= 0.3 is 0 Å². The first kappa shape index (κ1) is 18.1. The van der Waals surface area contributed by atoms with E-state index in [9.17, 15) is 8.42 Å². The van der Waals surface area contributed by atoms with Crippen molar-refractivity contribution in [3.63, 3.8) is 0 Å². The number of hydrogen-bond donors (Lipinski definition) is 1. The van der Waals surface area contributed by atoms with Crippen LogP contribution in [0.3, 0.4) is 0 Å². The molecule has 0 heterocycles. The number of nitrogens with two attached hydrogens (primary N) is 1. The predicted octanol–water partition coefficient (Wildman–Crippen LogP) is 3.04. The highest BCUT2D eigenvalue weighted by molar-refractivity contribution is 7.89. The highest BCUT2D eigenvalue weighted by Crippen LogP contribution is 2.23. The van der Waals surface area contributed by atoms with Crippen LogP contribution in [0.5, 0.6) is 0 Å². The minimum Gasteiger partial charge on any atom is -0.326 e. The van der Waals surface area contributed by atoms with E-state index in [0.29, 0.717) is 24.5 Å². The van der Waals surface area contributed by atoms with E-state index >= 15 is 0 Å². The number of unbranched alkanes of at least 4 members (excludes halogenated alkanes) is 2. The Morgan fingerprint density at radius 1 is 1.10 bits per heavy atom. The molecule has 0 aliphatic carbocycles. The highest BCUT2D eigenvalue weighted by atomic mass is 32.2. The third-order valence-corrected chi connectivity index (χ3v) is 5.80. The quantitative estimate of drug-likeness (QED) is 0.762. The Hall–Kier alpha value is -0.910. The SMILES string of the molecule is CCCCN(CCCC)S(=O)(=O)c1cccc(CN)c1C. The van der Waals surface area contributed by atoms with Crippen LogP contribution in [0.15, 0.2) is 23.1 Å². The molecule has 0 spiro atoms. The molecule has 0 unspecified atom stereocenters. The zero-order chi connectivity index (χ0) is 15.9. The molecule has 0 atom stereocenters. The van der Waals surface area contributed by atoms with Crippen molar-refractivity contribution >= 4 is 10.0 Å². The third kappa shape index (κ3) is 4.53. The van der Waals surface area contributed by atoms with Crippen molar-refractivity contribution in [3.05, 3.63) is 29.3 Å². The maximum Gasteiger partial charge on any atom is 0.243 e. The van der Waals surface area contributed by atoms with Crippen LogP contribution in [0.1, 0.15) is 50.7 Å². The second-order valence-electron chi connectivity index (χ2n) is 5.36. The average Bonchev–Trinajstić information content (AvgIpc) is 2.47. The van der Waals surface area contributed by atoms with Crippen molar-refractivity contribution in [1.29, 1.82) is 0 Å². The summed E-state index contributed by atoms with van der Waals surface area (Å²) in [6.45, 7) is 7.53. The van der Waals surface area contributed by atoms with Gasteiger partial charge in [0.2, 0.25) is 10.0 Å². The summed E-state index contributed by atoms with van der Waals surface area (Å²) in [7, 11) is -3.43. The lowest BCUT2D eigenvalue weighted by molar-refractivity contribution is 0.395. The lowest BCUT2D eigenvalue weighted by atomic mass is 10.1. The van der Waals surface area contributed by atoms with Crippen LogP contribution in [0.2, 0.25) is 0 Å². The van der Waals surface area contributed by atoms with Gasteiger partial charge in [0.15, 0.2) is 0 Å². The first-order valence-corrected chi connectivity index (χ1v) is 9.21. The molecule has 0 amide bonds. The van der Waals surface area contributed by atoms with Crippen LogP contribution in [0.25, 0.3) is 0 Å². The molecule has 5 heteroatoms. The molecule has 0 saturated heterocycles. The van der Waals surface area contributed by atoms with Crippen molar-refractivity contribution < 1.29 is 8.42 Å². The molecule has 0 radical (unpaired) electrons. The van der Waals surface area contributed by atoms with E-state index < -0.39 is 10.0 Å². The van der Waals surface area contributed by atoms with Crippen molar-refractivity contribution in [2.24, 2.45) is 5.73 Å². The maximum atomic E-state index is 12.9. The molecule has 21 heavy (non-hydrogen) atoms. The highest BCUT2D eigenvalue weighted by Gasteiger charge is 2.25. The predicted molar refractivity (Wildman–Crippen MR) is 87.6 cm³/mol. The van der Waals surface area contributed by atoms with E-state index in [2.05, 4.69) is 13.8 Å². The van der Waals surface area contributed by atoms with Crippen molar-refractivity contribution in [1.82, 2.24) is 4.31 Å². The van der Waals surface area contributed by atoms with E-state index in [0.717, 1.165) is 36.8 Å². The standard InChI is InChI=1S/C16H28N2O2S/c1-4-6-11-18(12-7-5-2)21(19,20)16-10-8-9-15(13-17)14(16)3/h8-10H,4-7,11-13,17H2,1-3H3. The molecule has 1 rings (SSSR count). The van der Waals surface area contributed by atoms with Gasteiger partial charge in [0.25, 0.3) is 0 Å². The Balaban J connectivity index is 3.15. The average molecular weight is 312 g/mol. The van der Waals surface area contributed by atoms with Gasteiger partial charge in [-0.3, -0.25) is 0 Å². The first-order chi connectivity index (χ1) is 9.98. The fraction of sp³-hybridized carbons (Fsp3) is 0.625. The van der Waals surface area contributed by atoms with Gasteiger partial charge in [-0.05, 0) is 37.0 Å². The Morgan fingerprint density at radius 3 is 2.14 bits per heavy atom. The monoisotopic (exact) mass is 312 g/mol. The fourth-order valence-electron chi connectivity index (χ4n) is 2.32. The number of rotatable bonds is 9. The van der Waals surface area contributed by atoms with Crippen molar-refractivity contribution in [2.75, 3.05) is 13.1 Å². The fourth-order valence-corrected chi connectivity index (χ4v) is 4.11. The van der Waals surface area contributed by atoms with E-state index in [1.807, 2.05) is 13.0 Å². The van der Waals surface area contributed by atoms with Crippen LogP contribution in [0, 0.1) is 6.92 Å². The molecule has 1 aromatic rings. The molecule has 120 valence electrons. The molecular formula is C16H28N2O2S. The van der Waals surface area contributed by atoms with Crippen LogP contribution in [0.4, 0.5) is 0 Å². The lowest BCUT2D eigenvalue weighted by Crippen LogP contribution is -2.33. The van der Waals surface area contributed by atoms with Gasteiger partial charge in [0.05, 0.1) is 4.90 Å². The minimum atomic E-state index is -3.43. The van der Waals surface area contributed by atoms with Crippen molar-refractivity contribution in [3.8, 4) is 0 Å². The molecule has 2 N–H and O–H groups in total. The summed E-state index contributed by atoms with van der Waals surface area (Å²) in [6, 6.07) is 5.35. The Kier molecular flexibility index (Phi) is 7.35. The molecule has 1 aromatic carbocycles. The van der Waals surface area contributed by atoms with Gasteiger partial charge < -0.3 is 5.73 Å². The molecule has 4 nitrogen and oxygen atoms in total. The van der Waals surface area contributed by atoms with Gasteiger partial charge in [0, 0.05) is 19.6 Å². The Morgan fingerprint density at radius 2 is 1.67 bits per heavy atom. The summed E-state index contributed by atoms with van der Waals surface area (Å²) >= 11 is 0. The van der Waals surface area contributed by atoms with Gasteiger partial charge in [-0.25, -0.2) is 8.42 Å². The molecular weight excluding hydrogens is 284 g/mol. The summed E-state index contributed by atoms with van der Waals surface area (Å²) in [5.74, 6) is 0. The Bertz CT molecular complexity index is 533. The zero-order valence-electron chi connectivity index (χ0n) is 13.4. The molecule has 0 saturated carbocycles. The van der Waals surface area contributed by atoms with Crippen LogP contribution in [-0.2, 0) is 16.6 Å². The number of sulfonamides is 1. The Labute approximate surface area is 129 Å². The normalized spacial score (nSPS) is 12.0. The molecule has 0 bridgehead atoms. The van der Waals surface area contributed by atoms with E-state index in [4.69, 9.17) is 5.73 Å². The molecule has 0 aromatic heterocycles. The minimum absolute atomic E-state index is 0.360. The maximum absolute atomic E-state index is 12.9. The second-order valence-corrected chi connectivity index (χ2v) is 7.26. The van der Waals surface area contributed by atoms with Gasteiger partial charge in [-0.15, -0.1) is 0 Å². The van der Waals surface area contributed by atoms with E-state index in [1.54, 1.807) is 16.4 Å². The molecule has 0 fully saturated rings. The summed E-state index contributed by atoms with van der Waals surface area (Å²) in [4.78, 5) is 0.401. The topological polar surface area (TPSA) is 63.4 Å². The first-order valence-electron chi connectivity index (χ1n) is 7.77. The zero-order valence-corrected chi connectivity index (χ0v) is 14.2. The molecule has 0 aliphatic heterocycles. The van der Waals surface area contributed by atoms with Gasteiger partial charge in [-0.2, -0.15) is 4.31 Å². The van der Waals surface area contributed by atoms with Crippen LogP contribution >= 0.6 is 0 Å². The van der Waals surface area contributed by atoms with Gasteiger partial charge in [0.1, 0.15) is 0 Å².